The minimum Gasteiger partial charge on any atom is -0.355 e. The second-order valence-corrected chi connectivity index (χ2v) is 3.67. The Morgan fingerprint density at radius 2 is 2.00 bits per heavy atom. The van der Waals surface area contributed by atoms with Gasteiger partial charge in [-0.25, -0.2) is 0 Å². The standard InChI is InChI=1S/C9H17F3N2O2/c1-7(2)5-14-8(15)6-13-3-4-16-9(10,11)12/h7,13H,3-6H2,1-2H3,(H,14,15). The number of amides is 1. The molecule has 7 heteroatoms. The van der Waals surface area contributed by atoms with E-state index in [9.17, 15) is 18.0 Å². The van der Waals surface area contributed by atoms with Crippen molar-refractivity contribution >= 4 is 5.91 Å². The minimum absolute atomic E-state index is 0.00601. The molecule has 96 valence electrons. The van der Waals surface area contributed by atoms with Crippen molar-refractivity contribution in [3.8, 4) is 0 Å². The van der Waals surface area contributed by atoms with Gasteiger partial charge >= 0.3 is 6.36 Å². The van der Waals surface area contributed by atoms with Gasteiger partial charge in [0.1, 0.15) is 0 Å². The fraction of sp³-hybridized carbons (Fsp3) is 0.889. The maximum Gasteiger partial charge on any atom is 0.522 e. The van der Waals surface area contributed by atoms with Gasteiger partial charge in [-0.2, -0.15) is 0 Å². The van der Waals surface area contributed by atoms with Crippen LogP contribution in [0, 0.1) is 5.92 Å². The third kappa shape index (κ3) is 11.3. The molecule has 0 atom stereocenters. The first-order chi connectivity index (χ1) is 7.31. The highest BCUT2D eigenvalue weighted by molar-refractivity contribution is 5.77. The molecule has 4 nitrogen and oxygen atoms in total. The van der Waals surface area contributed by atoms with E-state index in [0.29, 0.717) is 12.5 Å². The zero-order valence-electron chi connectivity index (χ0n) is 9.36. The summed E-state index contributed by atoms with van der Waals surface area (Å²) in [6.07, 6.45) is -4.61. The molecule has 1 amide bonds. The Morgan fingerprint density at radius 3 is 2.50 bits per heavy atom. The number of ether oxygens (including phenoxy) is 1. The Labute approximate surface area is 92.5 Å². The zero-order valence-corrected chi connectivity index (χ0v) is 9.36. The molecule has 0 saturated carbocycles. The summed E-state index contributed by atoms with van der Waals surface area (Å²) in [7, 11) is 0. The summed E-state index contributed by atoms with van der Waals surface area (Å²) in [5, 5.41) is 5.17. The number of rotatable bonds is 7. The molecule has 0 aliphatic heterocycles. The lowest BCUT2D eigenvalue weighted by Gasteiger charge is -2.09. The van der Waals surface area contributed by atoms with E-state index in [0.717, 1.165) is 0 Å². The third-order valence-electron chi connectivity index (χ3n) is 1.54. The molecule has 0 aromatic rings. The van der Waals surface area contributed by atoms with Gasteiger partial charge in [-0.05, 0) is 5.92 Å². The monoisotopic (exact) mass is 242 g/mol. The van der Waals surface area contributed by atoms with E-state index in [1.807, 2.05) is 13.8 Å². The van der Waals surface area contributed by atoms with Crippen molar-refractivity contribution in [2.75, 3.05) is 26.2 Å². The van der Waals surface area contributed by atoms with E-state index >= 15 is 0 Å². The van der Waals surface area contributed by atoms with Crippen LogP contribution in [-0.4, -0.2) is 38.5 Å². The average Bonchev–Trinajstić information content (AvgIpc) is 2.12. The molecule has 0 heterocycles. The van der Waals surface area contributed by atoms with Gasteiger partial charge in [-0.3, -0.25) is 9.53 Å². The fourth-order valence-corrected chi connectivity index (χ4v) is 0.821. The van der Waals surface area contributed by atoms with Gasteiger partial charge in [0.15, 0.2) is 0 Å². The van der Waals surface area contributed by atoms with Crippen molar-refractivity contribution < 1.29 is 22.7 Å². The van der Waals surface area contributed by atoms with Crippen LogP contribution in [-0.2, 0) is 9.53 Å². The van der Waals surface area contributed by atoms with Crippen LogP contribution in [0.1, 0.15) is 13.8 Å². The second-order valence-electron chi connectivity index (χ2n) is 3.67. The van der Waals surface area contributed by atoms with Gasteiger partial charge in [0, 0.05) is 13.1 Å². The highest BCUT2D eigenvalue weighted by Crippen LogP contribution is 2.14. The van der Waals surface area contributed by atoms with E-state index < -0.39 is 13.0 Å². The van der Waals surface area contributed by atoms with Crippen molar-refractivity contribution in [1.82, 2.24) is 10.6 Å². The maximum atomic E-state index is 11.5. The Balaban J connectivity index is 3.35. The van der Waals surface area contributed by atoms with E-state index in [4.69, 9.17) is 0 Å². The molecule has 0 aromatic carbocycles. The first-order valence-corrected chi connectivity index (χ1v) is 4.99. The molecule has 16 heavy (non-hydrogen) atoms. The Kier molecular flexibility index (Phi) is 7.07. The molecule has 0 aromatic heterocycles. The van der Waals surface area contributed by atoms with Crippen molar-refractivity contribution in [2.45, 2.75) is 20.2 Å². The van der Waals surface area contributed by atoms with Gasteiger partial charge in [0.2, 0.25) is 5.91 Å². The topological polar surface area (TPSA) is 50.4 Å². The Bertz CT molecular complexity index is 207. The first kappa shape index (κ1) is 15.2. The Hall–Kier alpha value is -0.820. The number of hydrogen-bond donors (Lipinski definition) is 2. The largest absolute Gasteiger partial charge is 0.522 e. The molecule has 0 rings (SSSR count). The molecule has 0 spiro atoms. The lowest BCUT2D eigenvalue weighted by Crippen LogP contribution is -2.37. The maximum absolute atomic E-state index is 11.5. The van der Waals surface area contributed by atoms with Crippen LogP contribution in [0.3, 0.4) is 0 Å². The second kappa shape index (κ2) is 7.45. The Morgan fingerprint density at radius 1 is 1.38 bits per heavy atom. The number of halogens is 3. The molecule has 0 saturated heterocycles. The van der Waals surface area contributed by atoms with Gasteiger partial charge in [0.05, 0.1) is 13.2 Å². The number of carbonyl (C=O) groups excluding carboxylic acids is 1. The summed E-state index contributed by atoms with van der Waals surface area (Å²) in [6.45, 7) is 3.93. The molecule has 0 unspecified atom stereocenters. The van der Waals surface area contributed by atoms with Crippen molar-refractivity contribution in [1.29, 1.82) is 0 Å². The normalized spacial score (nSPS) is 11.9. The van der Waals surface area contributed by atoms with E-state index in [1.165, 1.54) is 0 Å². The van der Waals surface area contributed by atoms with Crippen LogP contribution >= 0.6 is 0 Å². The zero-order chi connectivity index (χ0) is 12.6. The predicted octanol–water partition coefficient (Wildman–Crippen LogP) is 0.885. The summed E-state index contributed by atoms with van der Waals surface area (Å²) < 4.78 is 38.1. The first-order valence-electron chi connectivity index (χ1n) is 4.99. The number of carbonyl (C=O) groups is 1. The van der Waals surface area contributed by atoms with E-state index in [2.05, 4.69) is 15.4 Å². The highest BCUT2D eigenvalue weighted by atomic mass is 19.4. The van der Waals surface area contributed by atoms with Crippen molar-refractivity contribution in [3.63, 3.8) is 0 Å². The number of alkyl halides is 3. The van der Waals surface area contributed by atoms with Crippen LogP contribution in [0.15, 0.2) is 0 Å². The lowest BCUT2D eigenvalue weighted by atomic mass is 10.2. The summed E-state index contributed by atoms with van der Waals surface area (Å²) in [4.78, 5) is 11.1. The molecular weight excluding hydrogens is 225 g/mol. The molecule has 0 aliphatic rings. The van der Waals surface area contributed by atoms with E-state index in [-0.39, 0.29) is 19.0 Å². The molecule has 2 N–H and O–H groups in total. The van der Waals surface area contributed by atoms with Crippen molar-refractivity contribution in [2.24, 2.45) is 5.92 Å². The van der Waals surface area contributed by atoms with Crippen LogP contribution < -0.4 is 10.6 Å². The molecule has 0 radical (unpaired) electrons. The molecule has 0 fully saturated rings. The summed E-state index contributed by atoms with van der Waals surface area (Å²) in [6, 6.07) is 0. The molecule has 0 bridgehead atoms. The summed E-state index contributed by atoms with van der Waals surface area (Å²) >= 11 is 0. The quantitative estimate of drug-likeness (QED) is 0.652. The summed E-state index contributed by atoms with van der Waals surface area (Å²) in [5.74, 6) is 0.109. The van der Waals surface area contributed by atoms with Gasteiger partial charge in [-0.1, -0.05) is 13.8 Å². The van der Waals surface area contributed by atoms with Crippen LogP contribution in [0.25, 0.3) is 0 Å². The third-order valence-corrected chi connectivity index (χ3v) is 1.54. The SMILES string of the molecule is CC(C)CNC(=O)CNCCOC(F)(F)F. The summed E-state index contributed by atoms with van der Waals surface area (Å²) in [5.41, 5.74) is 0. The predicted molar refractivity (Wildman–Crippen MR) is 52.7 cm³/mol. The van der Waals surface area contributed by atoms with Crippen LogP contribution in [0.2, 0.25) is 0 Å². The number of hydrogen-bond acceptors (Lipinski definition) is 3. The number of nitrogens with one attached hydrogen (secondary N) is 2. The highest BCUT2D eigenvalue weighted by Gasteiger charge is 2.28. The average molecular weight is 242 g/mol. The lowest BCUT2D eigenvalue weighted by molar-refractivity contribution is -0.323. The fourth-order valence-electron chi connectivity index (χ4n) is 0.821. The van der Waals surface area contributed by atoms with Crippen molar-refractivity contribution in [3.05, 3.63) is 0 Å². The van der Waals surface area contributed by atoms with Crippen LogP contribution in [0.4, 0.5) is 13.2 Å². The molecular formula is C9H17F3N2O2. The van der Waals surface area contributed by atoms with Crippen LogP contribution in [0.5, 0.6) is 0 Å². The van der Waals surface area contributed by atoms with Gasteiger partial charge in [0.25, 0.3) is 0 Å². The van der Waals surface area contributed by atoms with E-state index in [1.54, 1.807) is 0 Å². The van der Waals surface area contributed by atoms with Gasteiger partial charge < -0.3 is 10.6 Å². The van der Waals surface area contributed by atoms with Gasteiger partial charge in [-0.15, -0.1) is 13.2 Å². The smallest absolute Gasteiger partial charge is 0.355 e. The molecule has 0 aliphatic carbocycles. The minimum atomic E-state index is -4.61.